The number of aromatic amines is 2. The van der Waals surface area contributed by atoms with Gasteiger partial charge in [-0.1, -0.05) is 0 Å². The molecule has 0 amide bonds. The van der Waals surface area contributed by atoms with E-state index >= 15 is 0 Å². The molecular weight excluding hydrogens is 276 g/mol. The fraction of sp³-hybridized carbons (Fsp3) is 0.0909. The molecule has 10 heteroatoms. The summed E-state index contributed by atoms with van der Waals surface area (Å²) in [5, 5.41) is 18.1. The predicted octanol–water partition coefficient (Wildman–Crippen LogP) is -0.241. The Kier molecular flexibility index (Phi) is 2.25. The van der Waals surface area contributed by atoms with Gasteiger partial charge >= 0.3 is 5.69 Å². The first-order valence-electron chi connectivity index (χ1n) is 5.97. The number of rotatable bonds is 2. The lowest BCUT2D eigenvalue weighted by Gasteiger charge is -2.02. The second kappa shape index (κ2) is 4.10. The van der Waals surface area contributed by atoms with Crippen LogP contribution in [-0.4, -0.2) is 47.3 Å². The van der Waals surface area contributed by atoms with Crippen molar-refractivity contribution < 1.29 is 4.74 Å². The molecule has 0 aliphatic rings. The van der Waals surface area contributed by atoms with Crippen LogP contribution >= 0.6 is 0 Å². The van der Waals surface area contributed by atoms with Crippen molar-refractivity contribution in [2.45, 2.75) is 0 Å². The summed E-state index contributed by atoms with van der Waals surface area (Å²) in [5.74, 6) is 1.32. The molecule has 4 aromatic rings. The van der Waals surface area contributed by atoms with Crippen LogP contribution in [0.15, 0.2) is 23.0 Å². The highest BCUT2D eigenvalue weighted by Crippen LogP contribution is 2.22. The van der Waals surface area contributed by atoms with Crippen LogP contribution in [0.3, 0.4) is 0 Å². The van der Waals surface area contributed by atoms with Crippen LogP contribution < -0.4 is 10.4 Å². The summed E-state index contributed by atoms with van der Waals surface area (Å²) in [7, 11) is 1.57. The van der Waals surface area contributed by atoms with Crippen LogP contribution in [0.25, 0.3) is 28.2 Å². The van der Waals surface area contributed by atoms with Gasteiger partial charge in [0.05, 0.1) is 12.6 Å². The summed E-state index contributed by atoms with van der Waals surface area (Å²) < 4.78 is 6.36. The Morgan fingerprint density at radius 1 is 1.29 bits per heavy atom. The Labute approximate surface area is 115 Å². The van der Waals surface area contributed by atoms with Gasteiger partial charge in [0.2, 0.25) is 5.82 Å². The number of tetrazole rings is 1. The normalized spacial score (nSPS) is 11.3. The number of fused-ring (bicyclic) bond motifs is 3. The van der Waals surface area contributed by atoms with Crippen LogP contribution in [0.2, 0.25) is 0 Å². The number of H-pyrrole nitrogens is 2. The van der Waals surface area contributed by atoms with E-state index in [0.717, 1.165) is 0 Å². The van der Waals surface area contributed by atoms with E-state index in [1.165, 1.54) is 4.52 Å². The Morgan fingerprint density at radius 2 is 2.19 bits per heavy atom. The summed E-state index contributed by atoms with van der Waals surface area (Å²) in [5.41, 5.74) is 0.555. The first-order chi connectivity index (χ1) is 10.3. The van der Waals surface area contributed by atoms with Gasteiger partial charge in [0, 0.05) is 5.39 Å². The summed E-state index contributed by atoms with van der Waals surface area (Å²) in [6.45, 7) is 0. The molecule has 0 spiro atoms. The Balaban J connectivity index is 2.10. The highest BCUT2D eigenvalue weighted by Gasteiger charge is 2.14. The molecule has 21 heavy (non-hydrogen) atoms. The van der Waals surface area contributed by atoms with E-state index in [-0.39, 0.29) is 0 Å². The summed E-state index contributed by atoms with van der Waals surface area (Å²) in [6, 6.07) is 5.23. The first kappa shape index (κ1) is 11.5. The average Bonchev–Trinajstić information content (AvgIpc) is 3.16. The lowest BCUT2D eigenvalue weighted by Crippen LogP contribution is -2.17. The maximum atomic E-state index is 12.0. The number of methoxy groups -OCH3 is 1. The Bertz CT molecular complexity index is 1000. The van der Waals surface area contributed by atoms with Crippen molar-refractivity contribution in [2.75, 3.05) is 7.11 Å². The smallest absolute Gasteiger partial charge is 0.370 e. The largest absolute Gasteiger partial charge is 0.497 e. The van der Waals surface area contributed by atoms with Crippen LogP contribution in [0.1, 0.15) is 0 Å². The lowest BCUT2D eigenvalue weighted by molar-refractivity contribution is 0.415. The van der Waals surface area contributed by atoms with Gasteiger partial charge in [-0.2, -0.15) is 9.50 Å². The number of hydrogen-bond acceptors (Lipinski definition) is 7. The van der Waals surface area contributed by atoms with Crippen LogP contribution in [0.5, 0.6) is 5.75 Å². The third-order valence-corrected chi connectivity index (χ3v) is 3.07. The molecule has 10 nitrogen and oxygen atoms in total. The number of nitrogens with one attached hydrogen (secondary N) is 2. The second-order valence-corrected chi connectivity index (χ2v) is 4.26. The van der Waals surface area contributed by atoms with Gasteiger partial charge in [-0.05, 0) is 28.6 Å². The number of hydrogen-bond donors (Lipinski definition) is 2. The highest BCUT2D eigenvalue weighted by molar-refractivity contribution is 5.92. The molecule has 3 aromatic heterocycles. The highest BCUT2D eigenvalue weighted by atomic mass is 16.5. The van der Waals surface area contributed by atoms with Crippen LogP contribution in [-0.2, 0) is 0 Å². The van der Waals surface area contributed by atoms with Crippen molar-refractivity contribution in [2.24, 2.45) is 0 Å². The zero-order valence-electron chi connectivity index (χ0n) is 10.7. The predicted molar refractivity (Wildman–Crippen MR) is 70.8 cm³/mol. The van der Waals surface area contributed by atoms with Crippen molar-refractivity contribution >= 4 is 16.6 Å². The minimum atomic E-state index is -0.488. The van der Waals surface area contributed by atoms with E-state index in [2.05, 4.69) is 35.7 Å². The zero-order valence-corrected chi connectivity index (χ0v) is 10.7. The van der Waals surface area contributed by atoms with Crippen molar-refractivity contribution in [3.63, 3.8) is 0 Å². The fourth-order valence-electron chi connectivity index (χ4n) is 2.11. The molecular formula is C11H8N8O2. The van der Waals surface area contributed by atoms with E-state index in [4.69, 9.17) is 4.74 Å². The van der Waals surface area contributed by atoms with Crippen molar-refractivity contribution in [1.82, 2.24) is 40.2 Å². The molecule has 2 N–H and O–H groups in total. The molecule has 0 bridgehead atoms. The standard InChI is InChI=1S/C11H8N8O2/c1-21-5-2-3-7-6(4-5)10-13-8(9-14-17-18-15-9)16-19(10)11(20)12-7/h2-4H,1H3,(H,13,16)(H,14,15,17,18). The Morgan fingerprint density at radius 3 is 2.95 bits per heavy atom. The third-order valence-electron chi connectivity index (χ3n) is 3.07. The van der Waals surface area contributed by atoms with E-state index < -0.39 is 5.69 Å². The molecule has 0 fully saturated rings. The van der Waals surface area contributed by atoms with Crippen molar-refractivity contribution in [3.05, 3.63) is 28.7 Å². The van der Waals surface area contributed by atoms with Crippen molar-refractivity contribution in [1.29, 1.82) is 0 Å². The maximum Gasteiger partial charge on any atom is 0.370 e. The van der Waals surface area contributed by atoms with E-state index in [0.29, 0.717) is 33.9 Å². The van der Waals surface area contributed by atoms with Gasteiger partial charge in [-0.15, -0.1) is 10.2 Å². The zero-order chi connectivity index (χ0) is 14.4. The SMILES string of the molecule is COc1ccc2nc(=O)n3nc(-c4nnn[nH]4)[nH]c3c2c1. The molecule has 0 aliphatic carbocycles. The third kappa shape index (κ3) is 1.65. The second-order valence-electron chi connectivity index (χ2n) is 4.26. The number of ether oxygens (including phenoxy) is 1. The minimum Gasteiger partial charge on any atom is -0.497 e. The molecule has 0 aliphatic heterocycles. The Hall–Kier alpha value is -3.30. The summed E-state index contributed by atoms with van der Waals surface area (Å²) in [4.78, 5) is 19.0. The van der Waals surface area contributed by atoms with E-state index in [1.54, 1.807) is 25.3 Å². The monoisotopic (exact) mass is 284 g/mol. The van der Waals surface area contributed by atoms with Crippen molar-refractivity contribution in [3.8, 4) is 17.4 Å². The number of aromatic nitrogens is 8. The summed E-state index contributed by atoms with van der Waals surface area (Å²) in [6.07, 6.45) is 0. The van der Waals surface area contributed by atoms with Crippen LogP contribution in [0, 0.1) is 0 Å². The van der Waals surface area contributed by atoms with Gasteiger partial charge in [0.25, 0.3) is 0 Å². The molecule has 3 heterocycles. The average molecular weight is 284 g/mol. The van der Waals surface area contributed by atoms with E-state index in [1.807, 2.05) is 0 Å². The molecule has 4 rings (SSSR count). The van der Waals surface area contributed by atoms with Gasteiger partial charge in [0.1, 0.15) is 11.4 Å². The topological polar surface area (TPSA) is 127 Å². The van der Waals surface area contributed by atoms with E-state index in [9.17, 15) is 4.79 Å². The summed E-state index contributed by atoms with van der Waals surface area (Å²) >= 11 is 0. The van der Waals surface area contributed by atoms with Gasteiger partial charge in [-0.25, -0.2) is 9.89 Å². The number of benzene rings is 1. The molecule has 0 radical (unpaired) electrons. The number of nitrogens with zero attached hydrogens (tertiary/aromatic N) is 6. The molecule has 0 saturated heterocycles. The molecule has 0 atom stereocenters. The minimum absolute atomic E-state index is 0.328. The fourth-order valence-corrected chi connectivity index (χ4v) is 2.11. The van der Waals surface area contributed by atoms with Crippen LogP contribution in [0.4, 0.5) is 0 Å². The van der Waals surface area contributed by atoms with Gasteiger partial charge < -0.3 is 9.72 Å². The quantitative estimate of drug-likeness (QED) is 0.520. The molecule has 0 unspecified atom stereocenters. The lowest BCUT2D eigenvalue weighted by atomic mass is 10.2. The molecule has 1 aromatic carbocycles. The maximum absolute atomic E-state index is 12.0. The van der Waals surface area contributed by atoms with Gasteiger partial charge in [0.15, 0.2) is 5.82 Å². The molecule has 0 saturated carbocycles. The first-order valence-corrected chi connectivity index (χ1v) is 5.97. The molecule has 104 valence electrons. The van der Waals surface area contributed by atoms with Gasteiger partial charge in [-0.3, -0.25) is 0 Å².